The molecule has 5 aromatic rings. The maximum atomic E-state index is 13.0. The van der Waals surface area contributed by atoms with Crippen LogP contribution in [0.3, 0.4) is 0 Å². The summed E-state index contributed by atoms with van der Waals surface area (Å²) in [4.78, 5) is 23.1. The third-order valence-electron chi connectivity index (χ3n) is 7.25. The Morgan fingerprint density at radius 3 is 2.39 bits per heavy atom. The number of aromatic nitrogens is 2. The standard InChI is InChI=1S/C33H32N4O3S/c1-3-39-28-18-27(37-32(38)22-11-6-5-7-12-22)29(40-4-2)17-26(28)36-31-30-25(19-41-33(30)35-20-34-31)24-15-14-21-10-8-9-13-23(21)16-24/h5-7,11-12,14-20H,3-4,8-10,13H2,1-2H3,(H,37,38)(H,34,35,36). The van der Waals surface area contributed by atoms with Crippen molar-refractivity contribution in [3.63, 3.8) is 0 Å². The number of anilines is 3. The summed E-state index contributed by atoms with van der Waals surface area (Å²) in [5.41, 5.74) is 6.96. The van der Waals surface area contributed by atoms with Crippen LogP contribution in [0.2, 0.25) is 0 Å². The molecule has 1 aliphatic rings. The molecule has 6 rings (SSSR count). The van der Waals surface area contributed by atoms with E-state index in [1.54, 1.807) is 35.9 Å². The minimum Gasteiger partial charge on any atom is -0.492 e. The number of hydrogen-bond donors (Lipinski definition) is 2. The number of amides is 1. The zero-order chi connectivity index (χ0) is 28.2. The van der Waals surface area contributed by atoms with Crippen LogP contribution in [0.1, 0.15) is 48.2 Å². The summed E-state index contributed by atoms with van der Waals surface area (Å²) in [6.45, 7) is 4.73. The van der Waals surface area contributed by atoms with Crippen molar-refractivity contribution in [2.24, 2.45) is 0 Å². The van der Waals surface area contributed by atoms with Crippen LogP contribution in [0.5, 0.6) is 11.5 Å². The molecule has 2 aromatic heterocycles. The van der Waals surface area contributed by atoms with E-state index in [1.807, 2.05) is 38.1 Å². The smallest absolute Gasteiger partial charge is 0.255 e. The molecular formula is C33H32N4O3S. The average molecular weight is 565 g/mol. The van der Waals surface area contributed by atoms with Gasteiger partial charge >= 0.3 is 0 Å². The summed E-state index contributed by atoms with van der Waals surface area (Å²) in [6.07, 6.45) is 6.35. The van der Waals surface area contributed by atoms with Gasteiger partial charge in [-0.25, -0.2) is 9.97 Å². The highest BCUT2D eigenvalue weighted by Gasteiger charge is 2.20. The van der Waals surface area contributed by atoms with Gasteiger partial charge in [-0.1, -0.05) is 36.4 Å². The molecule has 0 bridgehead atoms. The number of carbonyl (C=O) groups excluding carboxylic acids is 1. The van der Waals surface area contributed by atoms with Crippen molar-refractivity contribution < 1.29 is 14.3 Å². The predicted molar refractivity (Wildman–Crippen MR) is 166 cm³/mol. The van der Waals surface area contributed by atoms with Gasteiger partial charge in [0.05, 0.1) is 30.0 Å². The summed E-state index contributed by atoms with van der Waals surface area (Å²) in [5.74, 6) is 1.58. The maximum absolute atomic E-state index is 13.0. The molecule has 0 atom stereocenters. The van der Waals surface area contributed by atoms with Gasteiger partial charge in [-0.3, -0.25) is 4.79 Å². The van der Waals surface area contributed by atoms with E-state index in [-0.39, 0.29) is 5.91 Å². The quantitative estimate of drug-likeness (QED) is 0.189. The topological polar surface area (TPSA) is 85.4 Å². The molecular weight excluding hydrogens is 532 g/mol. The normalized spacial score (nSPS) is 12.5. The van der Waals surface area contributed by atoms with Crippen molar-refractivity contribution in [1.82, 2.24) is 9.97 Å². The molecule has 7 nitrogen and oxygen atoms in total. The Kier molecular flexibility index (Phi) is 7.82. The Labute approximate surface area is 243 Å². The van der Waals surface area contributed by atoms with E-state index < -0.39 is 0 Å². The summed E-state index contributed by atoms with van der Waals surface area (Å²) >= 11 is 1.61. The molecule has 0 saturated heterocycles. The Hall–Kier alpha value is -4.43. The summed E-state index contributed by atoms with van der Waals surface area (Å²) in [5, 5.41) is 9.62. The van der Waals surface area contributed by atoms with Gasteiger partial charge in [0.1, 0.15) is 28.5 Å². The highest BCUT2D eigenvalue weighted by molar-refractivity contribution is 7.17. The molecule has 0 aliphatic heterocycles. The van der Waals surface area contributed by atoms with Crippen molar-refractivity contribution >= 4 is 44.7 Å². The Morgan fingerprint density at radius 2 is 1.61 bits per heavy atom. The summed E-state index contributed by atoms with van der Waals surface area (Å²) < 4.78 is 12.0. The van der Waals surface area contributed by atoms with E-state index in [1.165, 1.54) is 29.5 Å². The number of ether oxygens (including phenoxy) is 2. The number of nitrogens with one attached hydrogen (secondary N) is 2. The predicted octanol–water partition coefficient (Wildman–Crippen LogP) is 8.03. The van der Waals surface area contributed by atoms with Crippen LogP contribution < -0.4 is 20.1 Å². The lowest BCUT2D eigenvalue weighted by atomic mass is 9.89. The van der Waals surface area contributed by atoms with Gasteiger partial charge in [-0.15, -0.1) is 11.3 Å². The Balaban J connectivity index is 1.39. The van der Waals surface area contributed by atoms with Crippen molar-refractivity contribution in [1.29, 1.82) is 0 Å². The molecule has 2 heterocycles. The van der Waals surface area contributed by atoms with E-state index in [0.29, 0.717) is 47.5 Å². The lowest BCUT2D eigenvalue weighted by molar-refractivity contribution is 0.102. The number of carbonyl (C=O) groups is 1. The lowest BCUT2D eigenvalue weighted by Crippen LogP contribution is -2.13. The molecule has 0 spiro atoms. The van der Waals surface area contributed by atoms with Crippen LogP contribution >= 0.6 is 11.3 Å². The molecule has 2 N–H and O–H groups in total. The SMILES string of the molecule is CCOc1cc(Nc2ncnc3scc(-c4ccc5c(c4)CCCC5)c23)c(OCC)cc1NC(=O)c1ccccc1. The van der Waals surface area contributed by atoms with Crippen LogP contribution in [0.25, 0.3) is 21.3 Å². The number of rotatable bonds is 9. The van der Waals surface area contributed by atoms with Crippen molar-refractivity contribution in [3.05, 3.63) is 89.1 Å². The van der Waals surface area contributed by atoms with E-state index in [9.17, 15) is 4.79 Å². The summed E-state index contributed by atoms with van der Waals surface area (Å²) in [6, 6.07) is 19.6. The zero-order valence-corrected chi connectivity index (χ0v) is 24.0. The molecule has 1 amide bonds. The fraction of sp³-hybridized carbons (Fsp3) is 0.242. The van der Waals surface area contributed by atoms with E-state index in [0.717, 1.165) is 28.6 Å². The monoisotopic (exact) mass is 564 g/mol. The van der Waals surface area contributed by atoms with Gasteiger partial charge < -0.3 is 20.1 Å². The second kappa shape index (κ2) is 12.0. The highest BCUT2D eigenvalue weighted by Crippen LogP contribution is 2.42. The minimum atomic E-state index is -0.222. The number of aryl methyl sites for hydroxylation is 2. The number of thiophene rings is 1. The fourth-order valence-electron chi connectivity index (χ4n) is 5.30. The highest BCUT2D eigenvalue weighted by atomic mass is 32.1. The molecule has 0 saturated carbocycles. The molecule has 41 heavy (non-hydrogen) atoms. The van der Waals surface area contributed by atoms with Gasteiger partial charge in [0.2, 0.25) is 0 Å². The van der Waals surface area contributed by atoms with Crippen molar-refractivity contribution in [2.45, 2.75) is 39.5 Å². The van der Waals surface area contributed by atoms with Crippen LogP contribution in [0.4, 0.5) is 17.2 Å². The first-order chi connectivity index (χ1) is 20.1. The van der Waals surface area contributed by atoms with Crippen LogP contribution in [0, 0.1) is 0 Å². The second-order valence-corrected chi connectivity index (χ2v) is 10.8. The first-order valence-electron chi connectivity index (χ1n) is 14.1. The Bertz CT molecular complexity index is 1700. The molecule has 208 valence electrons. The van der Waals surface area contributed by atoms with Crippen LogP contribution in [-0.4, -0.2) is 29.1 Å². The largest absolute Gasteiger partial charge is 0.492 e. The molecule has 0 radical (unpaired) electrons. The van der Waals surface area contributed by atoms with Crippen LogP contribution in [0.15, 0.2) is 72.4 Å². The number of hydrogen-bond acceptors (Lipinski definition) is 7. The van der Waals surface area contributed by atoms with E-state index >= 15 is 0 Å². The zero-order valence-electron chi connectivity index (χ0n) is 23.2. The van der Waals surface area contributed by atoms with E-state index in [2.05, 4.69) is 44.2 Å². The minimum absolute atomic E-state index is 0.222. The fourth-order valence-corrected chi connectivity index (χ4v) is 6.22. The van der Waals surface area contributed by atoms with Crippen molar-refractivity contribution in [2.75, 3.05) is 23.8 Å². The van der Waals surface area contributed by atoms with Gasteiger partial charge in [-0.05, 0) is 68.4 Å². The lowest BCUT2D eigenvalue weighted by Gasteiger charge is -2.19. The third kappa shape index (κ3) is 5.60. The molecule has 1 aliphatic carbocycles. The van der Waals surface area contributed by atoms with Crippen molar-refractivity contribution in [3.8, 4) is 22.6 Å². The number of fused-ring (bicyclic) bond motifs is 2. The first-order valence-corrected chi connectivity index (χ1v) is 14.9. The number of benzene rings is 3. The Morgan fingerprint density at radius 1 is 0.878 bits per heavy atom. The number of nitrogens with zero attached hydrogens (tertiary/aromatic N) is 2. The molecule has 8 heteroatoms. The van der Waals surface area contributed by atoms with Gasteiger partial charge in [0.15, 0.2) is 0 Å². The van der Waals surface area contributed by atoms with Crippen LogP contribution in [-0.2, 0) is 12.8 Å². The second-order valence-electron chi connectivity index (χ2n) is 9.90. The first kappa shape index (κ1) is 26.8. The molecule has 3 aromatic carbocycles. The average Bonchev–Trinajstić information content (AvgIpc) is 3.45. The van der Waals surface area contributed by atoms with E-state index in [4.69, 9.17) is 9.47 Å². The maximum Gasteiger partial charge on any atom is 0.255 e. The van der Waals surface area contributed by atoms with Gasteiger partial charge in [0.25, 0.3) is 5.91 Å². The summed E-state index contributed by atoms with van der Waals surface area (Å²) in [7, 11) is 0. The third-order valence-corrected chi connectivity index (χ3v) is 8.13. The molecule has 0 unspecified atom stereocenters. The molecule has 0 fully saturated rings. The van der Waals surface area contributed by atoms with Gasteiger partial charge in [-0.2, -0.15) is 0 Å². The van der Waals surface area contributed by atoms with Gasteiger partial charge in [0, 0.05) is 28.6 Å².